The molecule has 0 N–H and O–H groups in total. The first-order chi connectivity index (χ1) is 9.02. The van der Waals surface area contributed by atoms with Crippen LogP contribution >= 0.6 is 15.9 Å². The number of nitrogens with zero attached hydrogens (tertiary/aromatic N) is 5. The molecule has 0 saturated carbocycles. The Labute approximate surface area is 117 Å². The summed E-state index contributed by atoms with van der Waals surface area (Å²) in [6.45, 7) is 3.75. The van der Waals surface area contributed by atoms with Gasteiger partial charge in [-0.05, 0) is 13.8 Å². The van der Waals surface area contributed by atoms with Crippen molar-refractivity contribution < 1.29 is 4.92 Å². The molecule has 7 nitrogen and oxygen atoms in total. The maximum absolute atomic E-state index is 11.0. The van der Waals surface area contributed by atoms with E-state index in [0.717, 1.165) is 5.69 Å². The number of pyridine rings is 1. The molecule has 0 bridgehead atoms. The number of hydrogen-bond donors (Lipinski definition) is 0. The van der Waals surface area contributed by atoms with Gasteiger partial charge in [0, 0.05) is 23.3 Å². The van der Waals surface area contributed by atoms with Crippen LogP contribution in [0.2, 0.25) is 0 Å². The minimum absolute atomic E-state index is 0.117. The number of rotatable bonds is 4. The van der Waals surface area contributed by atoms with Crippen molar-refractivity contribution in [2.24, 2.45) is 0 Å². The molecule has 2 rings (SSSR count). The molecule has 0 unspecified atom stereocenters. The first kappa shape index (κ1) is 13.6. The summed E-state index contributed by atoms with van der Waals surface area (Å²) in [4.78, 5) is 14.9. The van der Waals surface area contributed by atoms with E-state index in [1.165, 1.54) is 6.20 Å². The van der Waals surface area contributed by atoms with Gasteiger partial charge >= 0.3 is 0 Å². The molecule has 0 saturated heterocycles. The summed E-state index contributed by atoms with van der Waals surface area (Å²) < 4.78 is 1.62. The van der Waals surface area contributed by atoms with Crippen LogP contribution in [-0.4, -0.2) is 24.9 Å². The van der Waals surface area contributed by atoms with Crippen LogP contribution in [0.3, 0.4) is 0 Å². The Morgan fingerprint density at radius 1 is 1.47 bits per heavy atom. The van der Waals surface area contributed by atoms with Gasteiger partial charge in [0.25, 0.3) is 5.69 Å². The van der Waals surface area contributed by atoms with Gasteiger partial charge in [0.1, 0.15) is 0 Å². The quantitative estimate of drug-likeness (QED) is 0.488. The van der Waals surface area contributed by atoms with E-state index in [-0.39, 0.29) is 10.6 Å². The van der Waals surface area contributed by atoms with Crippen molar-refractivity contribution in [2.45, 2.75) is 25.7 Å². The maximum atomic E-state index is 11.0. The zero-order chi connectivity index (χ0) is 14.0. The minimum Gasteiger partial charge on any atom is -0.258 e. The molecule has 0 amide bonds. The highest BCUT2D eigenvalue weighted by atomic mass is 79.9. The largest absolute Gasteiger partial charge is 0.278 e. The lowest BCUT2D eigenvalue weighted by Gasteiger charge is -2.07. The normalized spacial score (nSPS) is 10.7. The summed E-state index contributed by atoms with van der Waals surface area (Å²) in [6, 6.07) is 0. The van der Waals surface area contributed by atoms with E-state index in [1.807, 2.05) is 0 Å². The topological polar surface area (TPSA) is 86.7 Å². The highest BCUT2D eigenvalue weighted by Crippen LogP contribution is 2.24. The minimum atomic E-state index is -0.374. The Balaban J connectivity index is 2.35. The van der Waals surface area contributed by atoms with Crippen molar-refractivity contribution in [3.63, 3.8) is 0 Å². The lowest BCUT2D eigenvalue weighted by molar-refractivity contribution is -0.386. The number of halogens is 1. The number of hydrogen-bond acceptors (Lipinski definition) is 5. The van der Waals surface area contributed by atoms with Crippen molar-refractivity contribution in [1.82, 2.24) is 20.0 Å². The summed E-state index contributed by atoms with van der Waals surface area (Å²) in [5, 5.41) is 19.5. The van der Waals surface area contributed by atoms with E-state index in [9.17, 15) is 10.1 Å². The predicted molar refractivity (Wildman–Crippen MR) is 72.1 cm³/mol. The molecule has 0 aliphatic heterocycles. The smallest absolute Gasteiger partial charge is 0.258 e. The highest BCUT2D eigenvalue weighted by Gasteiger charge is 2.19. The second-order valence-electron chi connectivity index (χ2n) is 4.16. The molecule has 8 heteroatoms. The molecule has 100 valence electrons. The fraction of sp³-hybridized carbons (Fsp3) is 0.364. The lowest BCUT2D eigenvalue weighted by atomic mass is 10.1. The Morgan fingerprint density at radius 2 is 2.21 bits per heavy atom. The van der Waals surface area contributed by atoms with E-state index < -0.39 is 0 Å². The molecule has 0 atom stereocenters. The Kier molecular flexibility index (Phi) is 3.89. The highest BCUT2D eigenvalue weighted by molar-refractivity contribution is 9.08. The fourth-order valence-electron chi connectivity index (χ4n) is 1.84. The molecule has 0 spiro atoms. The summed E-state index contributed by atoms with van der Waals surface area (Å²) in [5.41, 5.74) is 2.68. The molecular weight excluding hydrogens is 314 g/mol. The SMILES string of the molecule is Cc1cnc(Cn2cc(CBr)nn2)c(C)c1[N+](=O)[O-]. The van der Waals surface area contributed by atoms with Gasteiger partial charge < -0.3 is 0 Å². The molecule has 2 heterocycles. The molecule has 2 aromatic heterocycles. The van der Waals surface area contributed by atoms with Crippen molar-refractivity contribution in [2.75, 3.05) is 0 Å². The van der Waals surface area contributed by atoms with Crippen molar-refractivity contribution in [1.29, 1.82) is 0 Å². The Bertz CT molecular complexity index is 626. The first-order valence-electron chi connectivity index (χ1n) is 5.57. The summed E-state index contributed by atoms with van der Waals surface area (Å²) in [5.74, 6) is 0. The second kappa shape index (κ2) is 5.43. The van der Waals surface area contributed by atoms with Crippen LogP contribution in [0, 0.1) is 24.0 Å². The molecule has 0 aliphatic rings. The molecule has 0 radical (unpaired) electrons. The zero-order valence-corrected chi connectivity index (χ0v) is 12.1. The maximum Gasteiger partial charge on any atom is 0.278 e. The first-order valence-corrected chi connectivity index (χ1v) is 6.69. The fourth-order valence-corrected chi connectivity index (χ4v) is 2.09. The Hall–Kier alpha value is -1.83. The van der Waals surface area contributed by atoms with E-state index in [1.54, 1.807) is 24.7 Å². The van der Waals surface area contributed by atoms with E-state index in [2.05, 4.69) is 31.2 Å². The van der Waals surface area contributed by atoms with Gasteiger partial charge in [-0.15, -0.1) is 5.10 Å². The van der Waals surface area contributed by atoms with Crippen LogP contribution in [0.4, 0.5) is 5.69 Å². The number of aromatic nitrogens is 4. The van der Waals surface area contributed by atoms with Crippen molar-refractivity contribution >= 4 is 21.6 Å². The molecule has 0 aromatic carbocycles. The molecule has 0 fully saturated rings. The third-order valence-corrected chi connectivity index (χ3v) is 3.37. The van der Waals surface area contributed by atoms with Crippen LogP contribution < -0.4 is 0 Å². The lowest BCUT2D eigenvalue weighted by Crippen LogP contribution is -2.07. The van der Waals surface area contributed by atoms with Gasteiger partial charge in [-0.1, -0.05) is 21.1 Å². The van der Waals surface area contributed by atoms with E-state index >= 15 is 0 Å². The predicted octanol–water partition coefficient (Wildman–Crippen LogP) is 2.14. The molecule has 2 aromatic rings. The van der Waals surface area contributed by atoms with Gasteiger partial charge in [0.15, 0.2) is 0 Å². The van der Waals surface area contributed by atoms with Crippen LogP contribution in [-0.2, 0) is 11.9 Å². The van der Waals surface area contributed by atoms with Gasteiger partial charge in [-0.3, -0.25) is 15.1 Å². The van der Waals surface area contributed by atoms with Crippen LogP contribution in [0.15, 0.2) is 12.4 Å². The van der Waals surface area contributed by atoms with E-state index in [0.29, 0.717) is 28.7 Å². The molecule has 19 heavy (non-hydrogen) atoms. The summed E-state index contributed by atoms with van der Waals surface area (Å²) in [6.07, 6.45) is 3.30. The average molecular weight is 326 g/mol. The third kappa shape index (κ3) is 2.78. The number of aryl methyl sites for hydroxylation is 1. The average Bonchev–Trinajstić information content (AvgIpc) is 2.80. The van der Waals surface area contributed by atoms with Crippen molar-refractivity contribution in [3.05, 3.63) is 45.0 Å². The number of nitro groups is 1. The van der Waals surface area contributed by atoms with Crippen LogP contribution in [0.5, 0.6) is 0 Å². The number of alkyl halides is 1. The molecule has 0 aliphatic carbocycles. The third-order valence-electron chi connectivity index (χ3n) is 2.79. The zero-order valence-electron chi connectivity index (χ0n) is 10.5. The van der Waals surface area contributed by atoms with Gasteiger partial charge in [-0.2, -0.15) is 0 Å². The summed E-state index contributed by atoms with van der Waals surface area (Å²) in [7, 11) is 0. The summed E-state index contributed by atoms with van der Waals surface area (Å²) >= 11 is 3.29. The monoisotopic (exact) mass is 325 g/mol. The van der Waals surface area contributed by atoms with Gasteiger partial charge in [-0.25, -0.2) is 4.68 Å². The Morgan fingerprint density at radius 3 is 2.79 bits per heavy atom. The standard InChI is InChI=1S/C11H12BrN5O2/c1-7-4-13-10(8(2)11(7)17(18)19)6-16-5-9(3-12)14-15-16/h4-5H,3,6H2,1-2H3. The van der Waals surface area contributed by atoms with Crippen LogP contribution in [0.25, 0.3) is 0 Å². The van der Waals surface area contributed by atoms with Crippen molar-refractivity contribution in [3.8, 4) is 0 Å². The molecular formula is C11H12BrN5O2. The van der Waals surface area contributed by atoms with E-state index in [4.69, 9.17) is 0 Å². The van der Waals surface area contributed by atoms with Gasteiger partial charge in [0.05, 0.1) is 28.4 Å². The van der Waals surface area contributed by atoms with Crippen LogP contribution in [0.1, 0.15) is 22.5 Å². The second-order valence-corrected chi connectivity index (χ2v) is 4.72. The van der Waals surface area contributed by atoms with Gasteiger partial charge in [0.2, 0.25) is 0 Å².